The predicted octanol–water partition coefficient (Wildman–Crippen LogP) is 1.65. The van der Waals surface area contributed by atoms with Gasteiger partial charge in [-0.05, 0) is 32.6 Å². The highest BCUT2D eigenvalue weighted by Crippen LogP contribution is 2.25. The van der Waals surface area contributed by atoms with Gasteiger partial charge in [-0.25, -0.2) is 9.97 Å². The number of rotatable bonds is 6. The number of aliphatic hydroxyl groups is 1. The molecule has 1 aromatic rings. The van der Waals surface area contributed by atoms with Crippen molar-refractivity contribution in [3.8, 4) is 0 Å². The van der Waals surface area contributed by atoms with Gasteiger partial charge in [-0.2, -0.15) is 0 Å². The molecule has 1 atom stereocenters. The molecular formula is C15H26N4O2. The summed E-state index contributed by atoms with van der Waals surface area (Å²) in [7, 11) is 1.65. The second-order valence-corrected chi connectivity index (χ2v) is 5.56. The molecular weight excluding hydrogens is 268 g/mol. The molecule has 0 bridgehead atoms. The number of aliphatic hydroxyl groups excluding tert-OH is 1. The van der Waals surface area contributed by atoms with Gasteiger partial charge in [-0.15, -0.1) is 0 Å². The Morgan fingerprint density at radius 2 is 2.14 bits per heavy atom. The van der Waals surface area contributed by atoms with Gasteiger partial charge in [0.15, 0.2) is 5.82 Å². The predicted molar refractivity (Wildman–Crippen MR) is 83.5 cm³/mol. The quantitative estimate of drug-likeness (QED) is 0.831. The fourth-order valence-electron chi connectivity index (χ4n) is 2.72. The van der Waals surface area contributed by atoms with Crippen LogP contribution < -0.4 is 10.2 Å². The van der Waals surface area contributed by atoms with Crippen LogP contribution in [0.15, 0.2) is 6.07 Å². The first kappa shape index (κ1) is 16.0. The summed E-state index contributed by atoms with van der Waals surface area (Å²) in [6, 6.07) is 1.99. The lowest BCUT2D eigenvalue weighted by Gasteiger charge is -2.34. The number of hydrogen-bond acceptors (Lipinski definition) is 6. The number of nitrogens with one attached hydrogen (secondary N) is 1. The lowest BCUT2D eigenvalue weighted by Crippen LogP contribution is -2.37. The highest BCUT2D eigenvalue weighted by molar-refractivity contribution is 5.49. The van der Waals surface area contributed by atoms with E-state index in [0.717, 1.165) is 44.1 Å². The van der Waals surface area contributed by atoms with Crippen molar-refractivity contribution in [1.82, 2.24) is 9.97 Å². The largest absolute Gasteiger partial charge is 0.393 e. The number of aromatic nitrogens is 2. The van der Waals surface area contributed by atoms with Crippen molar-refractivity contribution in [2.24, 2.45) is 5.92 Å². The summed E-state index contributed by atoms with van der Waals surface area (Å²) in [5.41, 5.74) is 0. The van der Waals surface area contributed by atoms with Gasteiger partial charge in [-0.1, -0.05) is 0 Å². The van der Waals surface area contributed by atoms with Crippen LogP contribution >= 0.6 is 0 Å². The van der Waals surface area contributed by atoms with E-state index in [-0.39, 0.29) is 6.10 Å². The van der Waals surface area contributed by atoms with E-state index < -0.39 is 0 Å². The molecule has 2 heterocycles. The minimum absolute atomic E-state index is 0.223. The normalized spacial score (nSPS) is 17.8. The summed E-state index contributed by atoms with van der Waals surface area (Å²) in [6.07, 6.45) is 1.77. The zero-order valence-electron chi connectivity index (χ0n) is 13.2. The summed E-state index contributed by atoms with van der Waals surface area (Å²) in [5, 5.41) is 12.9. The number of ether oxygens (including phenoxy) is 1. The lowest BCUT2D eigenvalue weighted by molar-refractivity contribution is 0.109. The van der Waals surface area contributed by atoms with E-state index in [4.69, 9.17) is 4.74 Å². The first-order chi connectivity index (χ1) is 10.1. The van der Waals surface area contributed by atoms with E-state index in [9.17, 15) is 5.11 Å². The van der Waals surface area contributed by atoms with Gasteiger partial charge in [0.05, 0.1) is 6.10 Å². The summed E-state index contributed by atoms with van der Waals surface area (Å²) >= 11 is 0. The van der Waals surface area contributed by atoms with Crippen molar-refractivity contribution in [3.05, 3.63) is 11.9 Å². The maximum atomic E-state index is 9.69. The molecule has 21 heavy (non-hydrogen) atoms. The summed E-state index contributed by atoms with van der Waals surface area (Å²) in [6.45, 7) is 7.01. The Labute approximate surface area is 126 Å². The summed E-state index contributed by atoms with van der Waals surface area (Å²) in [4.78, 5) is 11.3. The monoisotopic (exact) mass is 294 g/mol. The van der Waals surface area contributed by atoms with Gasteiger partial charge >= 0.3 is 0 Å². The molecule has 0 aliphatic carbocycles. The van der Waals surface area contributed by atoms with Gasteiger partial charge < -0.3 is 20.1 Å². The molecule has 6 nitrogen and oxygen atoms in total. The van der Waals surface area contributed by atoms with E-state index in [1.807, 2.05) is 19.9 Å². The van der Waals surface area contributed by atoms with Gasteiger partial charge in [0.1, 0.15) is 18.2 Å². The zero-order chi connectivity index (χ0) is 15.2. The Hall–Kier alpha value is -1.40. The van der Waals surface area contributed by atoms with Crippen molar-refractivity contribution in [2.75, 3.05) is 37.0 Å². The van der Waals surface area contributed by atoms with Crippen molar-refractivity contribution < 1.29 is 9.84 Å². The van der Waals surface area contributed by atoms with Crippen LogP contribution in [0.1, 0.15) is 32.5 Å². The third-order valence-corrected chi connectivity index (χ3v) is 3.94. The van der Waals surface area contributed by atoms with Gasteiger partial charge in [0, 0.05) is 32.8 Å². The second-order valence-electron chi connectivity index (χ2n) is 5.56. The standard InChI is InChI=1S/C15H26N4O2/c1-4-16-13-9-15(18-14(17-13)10-21-3)19-7-5-12(6-8-19)11(2)20/h9,11-12,20H,4-8,10H2,1-3H3,(H,16,17,18). The molecule has 1 fully saturated rings. The molecule has 0 radical (unpaired) electrons. The fraction of sp³-hybridized carbons (Fsp3) is 0.733. The molecule has 2 N–H and O–H groups in total. The van der Waals surface area contributed by atoms with Crippen molar-refractivity contribution in [3.63, 3.8) is 0 Å². The second kappa shape index (κ2) is 7.56. The molecule has 1 aliphatic heterocycles. The van der Waals surface area contributed by atoms with E-state index >= 15 is 0 Å². The van der Waals surface area contributed by atoms with Crippen molar-refractivity contribution in [2.45, 2.75) is 39.4 Å². The number of anilines is 2. The smallest absolute Gasteiger partial charge is 0.158 e. The van der Waals surface area contributed by atoms with Gasteiger partial charge in [0.2, 0.25) is 0 Å². The minimum atomic E-state index is -0.223. The lowest BCUT2D eigenvalue weighted by atomic mass is 9.92. The number of piperidine rings is 1. The van der Waals surface area contributed by atoms with E-state index in [0.29, 0.717) is 18.3 Å². The Balaban J connectivity index is 2.11. The van der Waals surface area contributed by atoms with Crippen molar-refractivity contribution in [1.29, 1.82) is 0 Å². The average Bonchev–Trinajstić information content (AvgIpc) is 2.48. The van der Waals surface area contributed by atoms with Crippen LogP contribution in [0.3, 0.4) is 0 Å². The van der Waals surface area contributed by atoms with Crippen LogP contribution in [0.2, 0.25) is 0 Å². The third-order valence-electron chi connectivity index (χ3n) is 3.94. The molecule has 1 saturated heterocycles. The van der Waals surface area contributed by atoms with Crippen LogP contribution in [0, 0.1) is 5.92 Å². The molecule has 0 amide bonds. The number of hydrogen-bond donors (Lipinski definition) is 2. The van der Waals surface area contributed by atoms with Gasteiger partial charge in [0.25, 0.3) is 0 Å². The SMILES string of the molecule is CCNc1cc(N2CCC(C(C)O)CC2)nc(COC)n1. The van der Waals surface area contributed by atoms with Crippen LogP contribution in [-0.2, 0) is 11.3 Å². The van der Waals surface area contributed by atoms with Gasteiger partial charge in [-0.3, -0.25) is 0 Å². The van der Waals surface area contributed by atoms with E-state index in [2.05, 4.69) is 20.2 Å². The Kier molecular flexibility index (Phi) is 5.76. The third kappa shape index (κ3) is 4.28. The molecule has 1 aromatic heterocycles. The first-order valence-electron chi connectivity index (χ1n) is 7.67. The number of methoxy groups -OCH3 is 1. The highest BCUT2D eigenvalue weighted by atomic mass is 16.5. The topological polar surface area (TPSA) is 70.5 Å². The molecule has 6 heteroatoms. The molecule has 118 valence electrons. The molecule has 0 spiro atoms. The van der Waals surface area contributed by atoms with Crippen LogP contribution in [-0.4, -0.2) is 47.9 Å². The molecule has 0 aromatic carbocycles. The molecule has 1 unspecified atom stereocenters. The van der Waals surface area contributed by atoms with E-state index in [1.54, 1.807) is 7.11 Å². The maximum absolute atomic E-state index is 9.69. The average molecular weight is 294 g/mol. The maximum Gasteiger partial charge on any atom is 0.158 e. The fourth-order valence-corrected chi connectivity index (χ4v) is 2.72. The highest BCUT2D eigenvalue weighted by Gasteiger charge is 2.23. The molecule has 1 aliphatic rings. The summed E-state index contributed by atoms with van der Waals surface area (Å²) in [5.74, 6) is 2.88. The van der Waals surface area contributed by atoms with Crippen LogP contribution in [0.5, 0.6) is 0 Å². The molecule has 2 rings (SSSR count). The van der Waals surface area contributed by atoms with Crippen LogP contribution in [0.25, 0.3) is 0 Å². The Morgan fingerprint density at radius 1 is 1.43 bits per heavy atom. The summed E-state index contributed by atoms with van der Waals surface area (Å²) < 4.78 is 5.15. The van der Waals surface area contributed by atoms with E-state index in [1.165, 1.54) is 0 Å². The first-order valence-corrected chi connectivity index (χ1v) is 7.67. The Bertz CT molecular complexity index is 421. The molecule has 0 saturated carbocycles. The Morgan fingerprint density at radius 3 is 2.71 bits per heavy atom. The van der Waals surface area contributed by atoms with Crippen molar-refractivity contribution >= 4 is 11.6 Å². The number of nitrogens with zero attached hydrogens (tertiary/aromatic N) is 3. The van der Waals surface area contributed by atoms with Crippen LogP contribution in [0.4, 0.5) is 11.6 Å². The minimum Gasteiger partial charge on any atom is -0.393 e. The zero-order valence-corrected chi connectivity index (χ0v) is 13.2.